The van der Waals surface area contributed by atoms with Crippen LogP contribution in [0.25, 0.3) is 0 Å². The van der Waals surface area contributed by atoms with Crippen molar-refractivity contribution in [2.45, 2.75) is 44.7 Å². The lowest BCUT2D eigenvalue weighted by atomic mass is 9.98. The monoisotopic (exact) mass is 352 g/mol. The van der Waals surface area contributed by atoms with Crippen LogP contribution in [0.15, 0.2) is 0 Å². The molecule has 4 amide bonds. The van der Waals surface area contributed by atoms with Gasteiger partial charge in [0.05, 0.1) is 0 Å². The van der Waals surface area contributed by atoms with Crippen LogP contribution < -0.4 is 10.6 Å². The van der Waals surface area contributed by atoms with E-state index in [9.17, 15) is 14.4 Å². The molecule has 0 bridgehead atoms. The molecule has 0 aromatic carbocycles. The van der Waals surface area contributed by atoms with Crippen LogP contribution in [0.2, 0.25) is 0 Å². The fourth-order valence-electron chi connectivity index (χ4n) is 3.90. The summed E-state index contributed by atoms with van der Waals surface area (Å²) in [5, 5.41) is 14.4. The zero-order valence-electron chi connectivity index (χ0n) is 15.0. The molecule has 8 heteroatoms. The molecule has 3 rings (SSSR count). The summed E-state index contributed by atoms with van der Waals surface area (Å²) >= 11 is 0. The van der Waals surface area contributed by atoms with Gasteiger partial charge >= 0.3 is 6.03 Å². The van der Waals surface area contributed by atoms with Crippen molar-refractivity contribution in [3.63, 3.8) is 0 Å². The van der Waals surface area contributed by atoms with Crippen LogP contribution in [-0.4, -0.2) is 77.1 Å². The third kappa shape index (κ3) is 3.79. The van der Waals surface area contributed by atoms with E-state index in [1.54, 1.807) is 13.8 Å². The van der Waals surface area contributed by atoms with Gasteiger partial charge in [-0.15, -0.1) is 0 Å². The Balaban J connectivity index is 1.58. The molecule has 2 heterocycles. The first-order chi connectivity index (χ1) is 11.8. The maximum atomic E-state index is 12.5. The molecular formula is C17H28N4O4. The molecule has 3 aliphatic rings. The number of nitrogens with zero attached hydrogens (tertiary/aromatic N) is 2. The average molecular weight is 352 g/mol. The average Bonchev–Trinajstić information content (AvgIpc) is 3.28. The van der Waals surface area contributed by atoms with Crippen molar-refractivity contribution in [3.8, 4) is 0 Å². The predicted molar refractivity (Wildman–Crippen MR) is 90.6 cm³/mol. The number of likely N-dealkylation sites (tertiary alicyclic amines) is 1. The summed E-state index contributed by atoms with van der Waals surface area (Å²) in [6, 6.07) is -0.442. The molecule has 0 unspecified atom stereocenters. The molecule has 2 aliphatic heterocycles. The Morgan fingerprint density at radius 1 is 1.32 bits per heavy atom. The van der Waals surface area contributed by atoms with E-state index in [-0.39, 0.29) is 31.0 Å². The van der Waals surface area contributed by atoms with E-state index in [2.05, 4.69) is 15.5 Å². The van der Waals surface area contributed by atoms with E-state index in [1.165, 1.54) is 17.7 Å². The first-order valence-electron chi connectivity index (χ1n) is 9.08. The van der Waals surface area contributed by atoms with Crippen LogP contribution in [0.1, 0.15) is 33.1 Å². The number of aliphatic hydroxyl groups is 1. The number of imide groups is 1. The predicted octanol–water partition coefficient (Wildman–Crippen LogP) is -0.474. The number of carbonyl (C=O) groups is 3. The van der Waals surface area contributed by atoms with Crippen molar-refractivity contribution in [1.82, 2.24) is 20.4 Å². The molecule has 3 fully saturated rings. The van der Waals surface area contributed by atoms with Crippen LogP contribution in [0.5, 0.6) is 0 Å². The second-order valence-corrected chi connectivity index (χ2v) is 7.92. The van der Waals surface area contributed by atoms with Crippen LogP contribution >= 0.6 is 0 Å². The lowest BCUT2D eigenvalue weighted by Crippen LogP contribution is -2.51. The molecule has 3 N–H and O–H groups in total. The topological polar surface area (TPSA) is 102 Å². The highest BCUT2D eigenvalue weighted by Gasteiger charge is 2.47. The zero-order chi connectivity index (χ0) is 18.2. The number of rotatable bonds is 7. The maximum Gasteiger partial charge on any atom is 0.325 e. The molecule has 0 spiro atoms. The molecule has 25 heavy (non-hydrogen) atoms. The van der Waals surface area contributed by atoms with E-state index in [0.29, 0.717) is 11.8 Å². The zero-order valence-corrected chi connectivity index (χ0v) is 15.0. The van der Waals surface area contributed by atoms with Crippen LogP contribution in [0.4, 0.5) is 4.79 Å². The number of carbonyl (C=O) groups excluding carboxylic acids is 3. The molecule has 0 radical (unpaired) electrons. The first-order valence-corrected chi connectivity index (χ1v) is 9.08. The van der Waals surface area contributed by atoms with Gasteiger partial charge in [0.15, 0.2) is 0 Å². The lowest BCUT2D eigenvalue weighted by Gasteiger charge is -2.28. The van der Waals surface area contributed by atoms with Gasteiger partial charge < -0.3 is 20.2 Å². The van der Waals surface area contributed by atoms with Gasteiger partial charge in [-0.3, -0.25) is 14.9 Å². The molecule has 2 atom stereocenters. The number of amides is 4. The third-order valence-corrected chi connectivity index (χ3v) is 5.64. The molecule has 8 nitrogen and oxygen atoms in total. The standard InChI is InChI=1S/C17H28N4O4/c1-17(2)15(24)19-16(25)21(17)10-14(23)18-13-9-20(6-3-7-22)8-12(13)11-4-5-11/h11-13,22H,3-10H2,1-2H3,(H,18,23)(H,19,24,25)/t12-,13+/m1/s1. The molecule has 0 aromatic rings. The Hall–Kier alpha value is -1.67. The number of hydrogen-bond acceptors (Lipinski definition) is 5. The van der Waals surface area contributed by atoms with Gasteiger partial charge in [0, 0.05) is 32.3 Å². The summed E-state index contributed by atoms with van der Waals surface area (Å²) in [5.41, 5.74) is -1.01. The molecule has 1 saturated carbocycles. The van der Waals surface area contributed by atoms with Crippen LogP contribution in [0.3, 0.4) is 0 Å². The van der Waals surface area contributed by atoms with Gasteiger partial charge in [0.1, 0.15) is 12.1 Å². The Labute approximate surface area is 147 Å². The maximum absolute atomic E-state index is 12.5. The summed E-state index contributed by atoms with van der Waals surface area (Å²) in [7, 11) is 0. The van der Waals surface area contributed by atoms with E-state index >= 15 is 0 Å². The highest BCUT2D eigenvalue weighted by Crippen LogP contribution is 2.41. The molecule has 2 saturated heterocycles. The lowest BCUT2D eigenvalue weighted by molar-refractivity contribution is -0.127. The first kappa shape index (κ1) is 18.1. The van der Waals surface area contributed by atoms with E-state index in [4.69, 9.17) is 5.11 Å². The van der Waals surface area contributed by atoms with Crippen molar-refractivity contribution >= 4 is 17.8 Å². The highest BCUT2D eigenvalue weighted by molar-refractivity contribution is 6.07. The minimum Gasteiger partial charge on any atom is -0.396 e. The van der Waals surface area contributed by atoms with Crippen molar-refractivity contribution in [2.24, 2.45) is 11.8 Å². The van der Waals surface area contributed by atoms with Gasteiger partial charge in [-0.1, -0.05) is 0 Å². The normalized spacial score (nSPS) is 29.2. The smallest absolute Gasteiger partial charge is 0.325 e. The Kier molecular flexibility index (Phi) is 5.02. The second kappa shape index (κ2) is 6.92. The number of aliphatic hydroxyl groups excluding tert-OH is 1. The van der Waals surface area contributed by atoms with E-state index in [1.807, 2.05) is 0 Å². The molecule has 140 valence electrons. The second-order valence-electron chi connectivity index (χ2n) is 7.92. The number of urea groups is 1. The van der Waals surface area contributed by atoms with Crippen molar-refractivity contribution < 1.29 is 19.5 Å². The van der Waals surface area contributed by atoms with Gasteiger partial charge in [0.2, 0.25) is 5.91 Å². The summed E-state index contributed by atoms with van der Waals surface area (Å²) < 4.78 is 0. The Bertz CT molecular complexity index is 561. The summed E-state index contributed by atoms with van der Waals surface area (Å²) in [6.07, 6.45) is 3.16. The fourth-order valence-corrected chi connectivity index (χ4v) is 3.90. The largest absolute Gasteiger partial charge is 0.396 e. The van der Waals surface area contributed by atoms with Crippen molar-refractivity contribution in [1.29, 1.82) is 0 Å². The van der Waals surface area contributed by atoms with Gasteiger partial charge in [-0.2, -0.15) is 0 Å². The molecule has 0 aromatic heterocycles. The van der Waals surface area contributed by atoms with Crippen LogP contribution in [-0.2, 0) is 9.59 Å². The van der Waals surface area contributed by atoms with Crippen LogP contribution in [0, 0.1) is 11.8 Å². The Morgan fingerprint density at radius 3 is 2.60 bits per heavy atom. The van der Waals surface area contributed by atoms with Crippen molar-refractivity contribution in [2.75, 3.05) is 32.8 Å². The quantitative estimate of drug-likeness (QED) is 0.538. The fraction of sp³-hybridized carbons (Fsp3) is 0.824. The number of hydrogen-bond donors (Lipinski definition) is 3. The minimum atomic E-state index is -1.01. The molecular weight excluding hydrogens is 324 g/mol. The van der Waals surface area contributed by atoms with Crippen molar-refractivity contribution in [3.05, 3.63) is 0 Å². The van der Waals surface area contributed by atoms with Gasteiger partial charge in [0.25, 0.3) is 5.91 Å². The van der Waals surface area contributed by atoms with E-state index < -0.39 is 11.6 Å². The third-order valence-electron chi connectivity index (χ3n) is 5.64. The van der Waals surface area contributed by atoms with Gasteiger partial charge in [-0.05, 0) is 44.9 Å². The van der Waals surface area contributed by atoms with Gasteiger partial charge in [-0.25, -0.2) is 4.79 Å². The van der Waals surface area contributed by atoms with E-state index in [0.717, 1.165) is 26.1 Å². The SMILES string of the molecule is CC1(C)C(=O)NC(=O)N1CC(=O)N[C@H]1CN(CCCO)C[C@@H]1C1CC1. The highest BCUT2D eigenvalue weighted by atomic mass is 16.3. The summed E-state index contributed by atoms with van der Waals surface area (Å²) in [6.45, 7) is 5.90. The number of nitrogens with one attached hydrogen (secondary N) is 2. The summed E-state index contributed by atoms with van der Waals surface area (Å²) in [4.78, 5) is 39.8. The Morgan fingerprint density at radius 2 is 2.04 bits per heavy atom. The molecule has 1 aliphatic carbocycles. The minimum absolute atomic E-state index is 0.0724. The summed E-state index contributed by atoms with van der Waals surface area (Å²) in [5.74, 6) is 0.497.